The van der Waals surface area contributed by atoms with Gasteiger partial charge in [-0.1, -0.05) is 45.6 Å². The third kappa shape index (κ3) is 2.50. The summed E-state index contributed by atoms with van der Waals surface area (Å²) >= 11 is 0. The van der Waals surface area contributed by atoms with Gasteiger partial charge >= 0.3 is 0 Å². The zero-order valence-corrected chi connectivity index (χ0v) is 12.8. The highest BCUT2D eigenvalue weighted by Gasteiger charge is 2.54. The molecule has 0 aromatic rings. The molecule has 0 aliphatic heterocycles. The van der Waals surface area contributed by atoms with Crippen molar-refractivity contribution in [2.24, 2.45) is 11.8 Å². The van der Waals surface area contributed by atoms with Crippen molar-refractivity contribution in [1.82, 2.24) is 0 Å². The van der Waals surface area contributed by atoms with Crippen molar-refractivity contribution >= 4 is 0 Å². The average molecular weight is 266 g/mol. The molecule has 1 fully saturated rings. The van der Waals surface area contributed by atoms with Crippen LogP contribution in [0, 0.1) is 11.8 Å². The molecule has 0 unspecified atom stereocenters. The lowest BCUT2D eigenvalue weighted by Gasteiger charge is -2.36. The molecule has 2 aliphatic carbocycles. The number of rotatable bonds is 6. The van der Waals surface area contributed by atoms with E-state index in [1.807, 2.05) is 13.8 Å². The van der Waals surface area contributed by atoms with Gasteiger partial charge in [0.1, 0.15) is 5.60 Å². The zero-order valence-electron chi connectivity index (χ0n) is 12.8. The average Bonchev–Trinajstić information content (AvgIpc) is 2.91. The summed E-state index contributed by atoms with van der Waals surface area (Å²) in [7, 11) is 0. The van der Waals surface area contributed by atoms with Crippen molar-refractivity contribution < 1.29 is 10.2 Å². The van der Waals surface area contributed by atoms with Crippen LogP contribution in [0.5, 0.6) is 0 Å². The Bertz CT molecular complexity index is 345. The molecule has 0 heterocycles. The Morgan fingerprint density at radius 1 is 1.26 bits per heavy atom. The van der Waals surface area contributed by atoms with Crippen LogP contribution in [0.4, 0.5) is 0 Å². The third-order valence-corrected chi connectivity index (χ3v) is 5.27. The van der Waals surface area contributed by atoms with E-state index in [4.69, 9.17) is 0 Å². The molecule has 0 radical (unpaired) electrons. The summed E-state index contributed by atoms with van der Waals surface area (Å²) in [4.78, 5) is 0. The molecule has 110 valence electrons. The summed E-state index contributed by atoms with van der Waals surface area (Å²) in [6.07, 6.45) is 8.67. The number of fused-ring (bicyclic) bond motifs is 1. The number of aliphatic hydroxyl groups excluding tert-OH is 1. The minimum atomic E-state index is -0.952. The van der Waals surface area contributed by atoms with Crippen LogP contribution < -0.4 is 0 Å². The molecular weight excluding hydrogens is 236 g/mol. The van der Waals surface area contributed by atoms with Crippen LogP contribution in [0.1, 0.15) is 72.1 Å². The molecule has 1 saturated carbocycles. The van der Waals surface area contributed by atoms with Gasteiger partial charge in [-0.25, -0.2) is 0 Å². The van der Waals surface area contributed by atoms with Crippen molar-refractivity contribution in [2.45, 2.75) is 83.8 Å². The van der Waals surface area contributed by atoms with E-state index in [0.29, 0.717) is 0 Å². The van der Waals surface area contributed by atoms with Crippen molar-refractivity contribution in [3.05, 3.63) is 11.1 Å². The van der Waals surface area contributed by atoms with Crippen molar-refractivity contribution in [2.75, 3.05) is 0 Å². The highest BCUT2D eigenvalue weighted by atomic mass is 16.3. The van der Waals surface area contributed by atoms with E-state index >= 15 is 0 Å². The van der Waals surface area contributed by atoms with Gasteiger partial charge in [-0.15, -0.1) is 0 Å². The molecule has 0 aromatic heterocycles. The fourth-order valence-electron chi connectivity index (χ4n) is 4.12. The number of aliphatic hydroxyl groups is 2. The van der Waals surface area contributed by atoms with Gasteiger partial charge in [0.15, 0.2) is 0 Å². The van der Waals surface area contributed by atoms with E-state index in [9.17, 15) is 10.2 Å². The number of hydrogen-bond acceptors (Lipinski definition) is 2. The first-order valence-corrected chi connectivity index (χ1v) is 8.16. The van der Waals surface area contributed by atoms with Gasteiger partial charge in [0.25, 0.3) is 0 Å². The molecule has 0 amide bonds. The second-order valence-electron chi connectivity index (χ2n) is 6.74. The minimum Gasteiger partial charge on any atom is -0.389 e. The lowest BCUT2D eigenvalue weighted by atomic mass is 9.78. The van der Waals surface area contributed by atoms with Gasteiger partial charge < -0.3 is 10.2 Å². The van der Waals surface area contributed by atoms with Gasteiger partial charge in [-0.3, -0.25) is 0 Å². The quantitative estimate of drug-likeness (QED) is 0.567. The van der Waals surface area contributed by atoms with Gasteiger partial charge in [0.2, 0.25) is 0 Å². The van der Waals surface area contributed by atoms with Crippen LogP contribution in [0.25, 0.3) is 0 Å². The van der Waals surface area contributed by atoms with Gasteiger partial charge in [0, 0.05) is 5.92 Å². The van der Waals surface area contributed by atoms with E-state index in [-0.39, 0.29) is 11.8 Å². The molecule has 0 bridgehead atoms. The van der Waals surface area contributed by atoms with E-state index in [1.165, 1.54) is 36.8 Å². The second-order valence-corrected chi connectivity index (χ2v) is 6.74. The van der Waals surface area contributed by atoms with Crippen LogP contribution in [-0.2, 0) is 0 Å². The summed E-state index contributed by atoms with van der Waals surface area (Å²) < 4.78 is 0. The Kier molecular flexibility index (Phi) is 4.73. The predicted molar refractivity (Wildman–Crippen MR) is 78.9 cm³/mol. The Balaban J connectivity index is 2.16. The number of unbranched alkanes of at least 4 members (excludes halogenated alkanes) is 3. The molecule has 2 N–H and O–H groups in total. The van der Waals surface area contributed by atoms with Crippen LogP contribution >= 0.6 is 0 Å². The Morgan fingerprint density at radius 3 is 2.63 bits per heavy atom. The molecule has 19 heavy (non-hydrogen) atoms. The largest absolute Gasteiger partial charge is 0.389 e. The van der Waals surface area contributed by atoms with Gasteiger partial charge in [0.05, 0.1) is 6.10 Å². The molecule has 2 rings (SSSR count). The summed E-state index contributed by atoms with van der Waals surface area (Å²) in [5.41, 5.74) is 1.65. The first-order valence-electron chi connectivity index (χ1n) is 8.16. The van der Waals surface area contributed by atoms with Crippen molar-refractivity contribution in [3.8, 4) is 0 Å². The molecule has 3 atom stereocenters. The molecule has 0 saturated heterocycles. The van der Waals surface area contributed by atoms with Crippen LogP contribution in [0.15, 0.2) is 11.1 Å². The van der Waals surface area contributed by atoms with Gasteiger partial charge in [-0.05, 0) is 43.6 Å². The van der Waals surface area contributed by atoms with E-state index in [0.717, 1.165) is 25.7 Å². The van der Waals surface area contributed by atoms with Crippen LogP contribution in [0.2, 0.25) is 0 Å². The Morgan fingerprint density at radius 2 is 2.00 bits per heavy atom. The summed E-state index contributed by atoms with van der Waals surface area (Å²) in [6.45, 7) is 6.30. The van der Waals surface area contributed by atoms with E-state index in [2.05, 4.69) is 6.92 Å². The number of hydrogen-bond donors (Lipinski definition) is 2. The standard InChI is InChI=1S/C17H30O2/c1-4-5-6-7-11-15-13-9-8-10-14(13)16(18)17(15,19)12(2)3/h12,14,16,18-19H,4-11H2,1-3H3/t14-,16-,17+/m0/s1. The lowest BCUT2D eigenvalue weighted by Crippen LogP contribution is -2.47. The van der Waals surface area contributed by atoms with Crippen LogP contribution in [0.3, 0.4) is 0 Å². The molecular formula is C17H30O2. The lowest BCUT2D eigenvalue weighted by molar-refractivity contribution is -0.0840. The summed E-state index contributed by atoms with van der Waals surface area (Å²) in [5.74, 6) is 0.343. The van der Waals surface area contributed by atoms with Crippen molar-refractivity contribution in [1.29, 1.82) is 0 Å². The second kappa shape index (κ2) is 5.97. The maximum atomic E-state index is 11.1. The minimum absolute atomic E-state index is 0.0989. The normalized spacial score (nSPS) is 34.4. The molecule has 0 spiro atoms. The molecule has 2 heteroatoms. The zero-order chi connectivity index (χ0) is 14.0. The fourth-order valence-corrected chi connectivity index (χ4v) is 4.12. The predicted octanol–water partition coefficient (Wildman–Crippen LogP) is 3.82. The highest BCUT2D eigenvalue weighted by Crippen LogP contribution is 2.52. The van der Waals surface area contributed by atoms with Crippen LogP contribution in [-0.4, -0.2) is 21.9 Å². The Labute approximate surface area is 117 Å². The first-order chi connectivity index (χ1) is 9.03. The fraction of sp³-hybridized carbons (Fsp3) is 0.882. The van der Waals surface area contributed by atoms with E-state index < -0.39 is 11.7 Å². The molecule has 2 nitrogen and oxygen atoms in total. The summed E-state index contributed by atoms with van der Waals surface area (Å²) in [6, 6.07) is 0. The topological polar surface area (TPSA) is 40.5 Å². The smallest absolute Gasteiger partial charge is 0.115 e. The maximum absolute atomic E-state index is 11.1. The van der Waals surface area contributed by atoms with Crippen molar-refractivity contribution in [3.63, 3.8) is 0 Å². The molecule has 2 aliphatic rings. The summed E-state index contributed by atoms with van der Waals surface area (Å²) in [5, 5.41) is 21.6. The third-order valence-electron chi connectivity index (χ3n) is 5.27. The Hall–Kier alpha value is -0.340. The molecule has 0 aromatic carbocycles. The highest BCUT2D eigenvalue weighted by molar-refractivity contribution is 5.38. The SMILES string of the molecule is CCCCCCC1=C2CCC[C@@H]2[C@H](O)[C@@]1(O)C(C)C. The maximum Gasteiger partial charge on any atom is 0.115 e. The van der Waals surface area contributed by atoms with Gasteiger partial charge in [-0.2, -0.15) is 0 Å². The van der Waals surface area contributed by atoms with E-state index in [1.54, 1.807) is 0 Å². The first kappa shape index (κ1) is 15.1. The monoisotopic (exact) mass is 266 g/mol.